The molecule has 2 nitrogen and oxygen atoms in total. The molecule has 1 aromatic carbocycles. The van der Waals surface area contributed by atoms with Gasteiger partial charge in [-0.3, -0.25) is 0 Å². The molecule has 0 bridgehead atoms. The van der Waals surface area contributed by atoms with Gasteiger partial charge in [0, 0.05) is 13.1 Å². The third-order valence-corrected chi connectivity index (χ3v) is 2.63. The van der Waals surface area contributed by atoms with Gasteiger partial charge in [-0.1, -0.05) is 25.5 Å². The predicted octanol–water partition coefficient (Wildman–Crippen LogP) is 2.81. The summed E-state index contributed by atoms with van der Waals surface area (Å²) in [5.74, 6) is -0.229. The minimum absolute atomic E-state index is 0.229. The van der Waals surface area contributed by atoms with E-state index in [0.717, 1.165) is 12.8 Å². The maximum Gasteiger partial charge on any atom is 0.146 e. The third-order valence-electron chi connectivity index (χ3n) is 2.63. The molecule has 0 saturated heterocycles. The molecule has 1 atom stereocenters. The first-order valence-corrected chi connectivity index (χ1v) is 5.86. The highest BCUT2D eigenvalue weighted by Gasteiger charge is 2.13. The summed E-state index contributed by atoms with van der Waals surface area (Å²) in [5, 5.41) is 9.74. The summed E-state index contributed by atoms with van der Waals surface area (Å²) in [4.78, 5) is 1.87. The number of nitrogens with zero attached hydrogens (tertiary/aromatic N) is 1. The SMILES string of the molecule is CCCC(O)CN(CC)c1ccccc1F. The van der Waals surface area contributed by atoms with Crippen molar-refractivity contribution in [2.75, 3.05) is 18.0 Å². The van der Waals surface area contributed by atoms with Crippen LogP contribution in [0.2, 0.25) is 0 Å². The Kier molecular flexibility index (Phi) is 5.26. The predicted molar refractivity (Wildman–Crippen MR) is 65.2 cm³/mol. The number of likely N-dealkylation sites (N-methyl/N-ethyl adjacent to an activating group) is 1. The topological polar surface area (TPSA) is 23.5 Å². The summed E-state index contributed by atoms with van der Waals surface area (Å²) in [7, 11) is 0. The number of rotatable bonds is 6. The number of para-hydroxylation sites is 1. The molecule has 0 heterocycles. The van der Waals surface area contributed by atoms with Crippen molar-refractivity contribution in [3.8, 4) is 0 Å². The largest absolute Gasteiger partial charge is 0.391 e. The number of aliphatic hydroxyl groups excluding tert-OH is 1. The van der Waals surface area contributed by atoms with Crippen LogP contribution >= 0.6 is 0 Å². The summed E-state index contributed by atoms with van der Waals surface area (Å²) in [6.45, 7) is 5.18. The van der Waals surface area contributed by atoms with Crippen molar-refractivity contribution in [1.82, 2.24) is 0 Å². The minimum Gasteiger partial charge on any atom is -0.391 e. The molecule has 1 unspecified atom stereocenters. The van der Waals surface area contributed by atoms with Gasteiger partial charge in [0.15, 0.2) is 0 Å². The number of hydrogen-bond donors (Lipinski definition) is 1. The van der Waals surface area contributed by atoms with Gasteiger partial charge in [0.05, 0.1) is 11.8 Å². The van der Waals surface area contributed by atoms with Crippen LogP contribution < -0.4 is 4.90 Å². The first-order valence-electron chi connectivity index (χ1n) is 5.86. The van der Waals surface area contributed by atoms with E-state index in [1.54, 1.807) is 12.1 Å². The van der Waals surface area contributed by atoms with Crippen LogP contribution in [0.15, 0.2) is 24.3 Å². The number of anilines is 1. The van der Waals surface area contributed by atoms with Crippen molar-refractivity contribution in [3.63, 3.8) is 0 Å². The van der Waals surface area contributed by atoms with E-state index >= 15 is 0 Å². The Balaban J connectivity index is 2.71. The fourth-order valence-electron chi connectivity index (χ4n) is 1.78. The average Bonchev–Trinajstić information content (AvgIpc) is 2.27. The Bertz CT molecular complexity index is 317. The lowest BCUT2D eigenvalue weighted by atomic mass is 10.2. The molecule has 0 aliphatic carbocycles. The summed E-state index contributed by atoms with van der Waals surface area (Å²) in [6, 6.07) is 6.68. The molecule has 0 saturated carbocycles. The Hall–Kier alpha value is -1.09. The average molecular weight is 225 g/mol. The highest BCUT2D eigenvalue weighted by molar-refractivity contribution is 5.47. The maximum atomic E-state index is 13.5. The summed E-state index contributed by atoms with van der Waals surface area (Å²) in [6.07, 6.45) is 1.31. The molecule has 16 heavy (non-hydrogen) atoms. The van der Waals surface area contributed by atoms with Gasteiger partial charge < -0.3 is 10.0 Å². The van der Waals surface area contributed by atoms with E-state index in [9.17, 15) is 9.50 Å². The van der Waals surface area contributed by atoms with E-state index in [1.165, 1.54) is 6.07 Å². The first kappa shape index (κ1) is 13.0. The lowest BCUT2D eigenvalue weighted by molar-refractivity contribution is 0.169. The second-order valence-electron chi connectivity index (χ2n) is 3.93. The molecule has 1 rings (SSSR count). The smallest absolute Gasteiger partial charge is 0.146 e. The monoisotopic (exact) mass is 225 g/mol. The zero-order chi connectivity index (χ0) is 12.0. The van der Waals surface area contributed by atoms with Crippen LogP contribution in [0.25, 0.3) is 0 Å². The van der Waals surface area contributed by atoms with Crippen LogP contribution in [0.1, 0.15) is 26.7 Å². The molecule has 0 radical (unpaired) electrons. The number of benzene rings is 1. The van der Waals surface area contributed by atoms with Crippen molar-refractivity contribution in [2.45, 2.75) is 32.8 Å². The molecule has 1 N–H and O–H groups in total. The summed E-state index contributed by atoms with van der Waals surface area (Å²) < 4.78 is 13.5. The summed E-state index contributed by atoms with van der Waals surface area (Å²) in [5.41, 5.74) is 0.570. The zero-order valence-corrected chi connectivity index (χ0v) is 9.99. The molecule has 1 aromatic rings. The maximum absolute atomic E-state index is 13.5. The van der Waals surface area contributed by atoms with Gasteiger partial charge in [-0.15, -0.1) is 0 Å². The number of halogens is 1. The van der Waals surface area contributed by atoms with Crippen molar-refractivity contribution >= 4 is 5.69 Å². The van der Waals surface area contributed by atoms with Gasteiger partial charge >= 0.3 is 0 Å². The molecular weight excluding hydrogens is 205 g/mol. The van der Waals surface area contributed by atoms with Crippen LogP contribution in [0, 0.1) is 5.82 Å². The van der Waals surface area contributed by atoms with Crippen molar-refractivity contribution in [2.24, 2.45) is 0 Å². The third kappa shape index (κ3) is 3.49. The van der Waals surface area contributed by atoms with Crippen LogP contribution in [0.3, 0.4) is 0 Å². The highest BCUT2D eigenvalue weighted by Crippen LogP contribution is 2.19. The van der Waals surface area contributed by atoms with E-state index in [0.29, 0.717) is 18.8 Å². The van der Waals surface area contributed by atoms with Crippen molar-refractivity contribution in [3.05, 3.63) is 30.1 Å². The molecule has 3 heteroatoms. The lowest BCUT2D eigenvalue weighted by Crippen LogP contribution is -2.32. The van der Waals surface area contributed by atoms with Gasteiger partial charge in [-0.25, -0.2) is 4.39 Å². The van der Waals surface area contributed by atoms with E-state index in [1.807, 2.05) is 24.8 Å². The van der Waals surface area contributed by atoms with Crippen LogP contribution in [-0.2, 0) is 0 Å². The van der Waals surface area contributed by atoms with E-state index < -0.39 is 0 Å². The van der Waals surface area contributed by atoms with E-state index in [2.05, 4.69) is 0 Å². The Morgan fingerprint density at radius 3 is 2.56 bits per heavy atom. The van der Waals surface area contributed by atoms with E-state index in [4.69, 9.17) is 0 Å². The van der Waals surface area contributed by atoms with Crippen LogP contribution in [0.4, 0.5) is 10.1 Å². The molecule has 0 aliphatic rings. The minimum atomic E-state index is -0.385. The second-order valence-corrected chi connectivity index (χ2v) is 3.93. The fourth-order valence-corrected chi connectivity index (χ4v) is 1.78. The zero-order valence-electron chi connectivity index (χ0n) is 9.99. The van der Waals surface area contributed by atoms with Gasteiger partial charge in [-0.2, -0.15) is 0 Å². The standard InChI is InChI=1S/C13H20FNO/c1-3-7-11(16)10-15(4-2)13-9-6-5-8-12(13)14/h5-6,8-9,11,16H,3-4,7,10H2,1-2H3. The Morgan fingerprint density at radius 2 is 2.00 bits per heavy atom. The van der Waals surface area contributed by atoms with Crippen LogP contribution in [-0.4, -0.2) is 24.3 Å². The molecule has 0 spiro atoms. The first-order chi connectivity index (χ1) is 7.69. The molecule has 0 aromatic heterocycles. The normalized spacial score (nSPS) is 12.5. The van der Waals surface area contributed by atoms with Gasteiger partial charge in [0.2, 0.25) is 0 Å². The Labute approximate surface area is 96.7 Å². The van der Waals surface area contributed by atoms with Gasteiger partial charge in [0.1, 0.15) is 5.82 Å². The van der Waals surface area contributed by atoms with Crippen LogP contribution in [0.5, 0.6) is 0 Å². The molecular formula is C13H20FNO. The summed E-state index contributed by atoms with van der Waals surface area (Å²) >= 11 is 0. The molecule has 90 valence electrons. The van der Waals surface area contributed by atoms with Gasteiger partial charge in [-0.05, 0) is 25.5 Å². The number of hydrogen-bond acceptors (Lipinski definition) is 2. The van der Waals surface area contributed by atoms with Crippen molar-refractivity contribution < 1.29 is 9.50 Å². The quantitative estimate of drug-likeness (QED) is 0.804. The lowest BCUT2D eigenvalue weighted by Gasteiger charge is -2.26. The Morgan fingerprint density at radius 1 is 1.31 bits per heavy atom. The van der Waals surface area contributed by atoms with Crippen molar-refractivity contribution in [1.29, 1.82) is 0 Å². The van der Waals surface area contributed by atoms with Gasteiger partial charge in [0.25, 0.3) is 0 Å². The fraction of sp³-hybridized carbons (Fsp3) is 0.538. The second kappa shape index (κ2) is 6.48. The molecule has 0 amide bonds. The molecule has 0 fully saturated rings. The highest BCUT2D eigenvalue weighted by atomic mass is 19.1. The molecule has 0 aliphatic heterocycles. The number of aliphatic hydroxyl groups is 1. The van der Waals surface area contributed by atoms with E-state index in [-0.39, 0.29) is 11.9 Å².